The molecule has 1 aromatic rings. The predicted octanol–water partition coefficient (Wildman–Crippen LogP) is 1.57. The van der Waals surface area contributed by atoms with Crippen molar-refractivity contribution in [2.24, 2.45) is 0 Å². The van der Waals surface area contributed by atoms with Crippen LogP contribution in [0.2, 0.25) is 0 Å². The van der Waals surface area contributed by atoms with E-state index >= 15 is 0 Å². The number of carbonyl (C=O) groups is 1. The molecule has 0 aliphatic heterocycles. The van der Waals surface area contributed by atoms with Crippen molar-refractivity contribution < 1.29 is 18.3 Å². The Morgan fingerprint density at radius 1 is 1.43 bits per heavy atom. The van der Waals surface area contributed by atoms with Gasteiger partial charge in [0, 0.05) is 6.54 Å². The fourth-order valence-electron chi connectivity index (χ4n) is 2.07. The lowest BCUT2D eigenvalue weighted by Gasteiger charge is -2.33. The lowest BCUT2D eigenvalue weighted by atomic mass is 10.1. The molecule has 0 radical (unpaired) electrons. The molecule has 1 N–H and O–H groups in total. The van der Waals surface area contributed by atoms with Crippen LogP contribution in [0.1, 0.15) is 31.9 Å². The quantitative estimate of drug-likeness (QED) is 0.860. The SMILES string of the molecule is CCN(C(C)(C)C(=O)O)S(=O)(=O)Cc1cccc(C#N)c1. The Morgan fingerprint density at radius 2 is 2.05 bits per heavy atom. The summed E-state index contributed by atoms with van der Waals surface area (Å²) in [5.41, 5.74) is -0.711. The van der Waals surface area contributed by atoms with Gasteiger partial charge in [-0.15, -0.1) is 0 Å². The highest BCUT2D eigenvalue weighted by molar-refractivity contribution is 7.88. The Labute approximate surface area is 124 Å². The van der Waals surface area contributed by atoms with E-state index in [2.05, 4.69) is 0 Å². The largest absolute Gasteiger partial charge is 0.480 e. The maximum atomic E-state index is 12.5. The van der Waals surface area contributed by atoms with Crippen LogP contribution < -0.4 is 0 Å². The van der Waals surface area contributed by atoms with Crippen molar-refractivity contribution in [2.75, 3.05) is 6.54 Å². The van der Waals surface area contributed by atoms with E-state index in [-0.39, 0.29) is 12.3 Å². The number of likely N-dealkylation sites (N-methyl/N-ethyl adjacent to an activating group) is 1. The molecule has 1 rings (SSSR count). The second kappa shape index (κ2) is 6.24. The fraction of sp³-hybridized carbons (Fsp3) is 0.429. The first kappa shape index (κ1) is 17.1. The van der Waals surface area contributed by atoms with Crippen molar-refractivity contribution in [2.45, 2.75) is 32.1 Å². The Hall–Kier alpha value is -1.91. The van der Waals surface area contributed by atoms with Crippen molar-refractivity contribution in [3.05, 3.63) is 35.4 Å². The number of sulfonamides is 1. The summed E-state index contributed by atoms with van der Waals surface area (Å²) in [6.07, 6.45) is 0. The molecule has 0 aromatic heterocycles. The summed E-state index contributed by atoms with van der Waals surface area (Å²) >= 11 is 0. The molecule has 0 aliphatic carbocycles. The number of nitrogens with zero attached hydrogens (tertiary/aromatic N) is 2. The minimum atomic E-state index is -3.81. The van der Waals surface area contributed by atoms with E-state index in [0.717, 1.165) is 4.31 Å². The molecule has 0 amide bonds. The van der Waals surface area contributed by atoms with Gasteiger partial charge in [0.15, 0.2) is 0 Å². The van der Waals surface area contributed by atoms with Gasteiger partial charge >= 0.3 is 5.97 Å². The molecule has 0 spiro atoms. The van der Waals surface area contributed by atoms with Crippen LogP contribution in [0.4, 0.5) is 0 Å². The van der Waals surface area contributed by atoms with Gasteiger partial charge in [-0.25, -0.2) is 8.42 Å². The number of hydrogen-bond donors (Lipinski definition) is 1. The molecule has 7 heteroatoms. The summed E-state index contributed by atoms with van der Waals surface area (Å²) in [6, 6.07) is 8.20. The first-order valence-corrected chi connectivity index (χ1v) is 7.99. The number of hydrogen-bond acceptors (Lipinski definition) is 4. The highest BCUT2D eigenvalue weighted by atomic mass is 32.2. The fourth-order valence-corrected chi connectivity index (χ4v) is 3.99. The molecule has 0 heterocycles. The van der Waals surface area contributed by atoms with Gasteiger partial charge in [-0.3, -0.25) is 4.79 Å². The zero-order valence-electron chi connectivity index (χ0n) is 12.2. The third kappa shape index (κ3) is 3.80. The van der Waals surface area contributed by atoms with Crippen LogP contribution in [0.25, 0.3) is 0 Å². The Balaban J connectivity index is 3.15. The normalized spacial score (nSPS) is 12.1. The van der Waals surface area contributed by atoms with E-state index in [1.54, 1.807) is 25.1 Å². The second-order valence-electron chi connectivity index (χ2n) is 5.10. The molecule has 0 saturated carbocycles. The topological polar surface area (TPSA) is 98.5 Å². The van der Waals surface area contributed by atoms with Gasteiger partial charge in [-0.05, 0) is 31.5 Å². The molecule has 114 valence electrons. The Morgan fingerprint density at radius 3 is 2.52 bits per heavy atom. The van der Waals surface area contributed by atoms with E-state index in [0.29, 0.717) is 11.1 Å². The summed E-state index contributed by atoms with van der Waals surface area (Å²) in [4.78, 5) is 11.3. The smallest absolute Gasteiger partial charge is 0.324 e. The van der Waals surface area contributed by atoms with Gasteiger partial charge < -0.3 is 5.11 Å². The minimum Gasteiger partial charge on any atom is -0.480 e. The van der Waals surface area contributed by atoms with E-state index in [4.69, 9.17) is 5.26 Å². The van der Waals surface area contributed by atoms with Gasteiger partial charge in [0.1, 0.15) is 5.54 Å². The van der Waals surface area contributed by atoms with Crippen LogP contribution in [0.3, 0.4) is 0 Å². The van der Waals surface area contributed by atoms with Crippen molar-refractivity contribution in [1.82, 2.24) is 4.31 Å². The molecule has 0 aliphatic rings. The summed E-state index contributed by atoms with van der Waals surface area (Å²) in [7, 11) is -3.81. The lowest BCUT2D eigenvalue weighted by molar-refractivity contribution is -0.146. The van der Waals surface area contributed by atoms with Crippen molar-refractivity contribution >= 4 is 16.0 Å². The molecule has 6 nitrogen and oxygen atoms in total. The molecule has 0 saturated heterocycles. The molecule has 0 fully saturated rings. The zero-order valence-corrected chi connectivity index (χ0v) is 13.0. The molecule has 0 bridgehead atoms. The highest BCUT2D eigenvalue weighted by Gasteiger charge is 2.40. The standard InChI is InChI=1S/C14H18N2O4S/c1-4-16(14(2,3)13(17)18)21(19,20)10-12-7-5-6-11(8-12)9-15/h5-8H,4,10H2,1-3H3,(H,17,18). The molecular formula is C14H18N2O4S. The minimum absolute atomic E-state index is 0.0551. The number of rotatable bonds is 6. The molecule has 1 aromatic carbocycles. The summed E-state index contributed by atoms with van der Waals surface area (Å²) in [5.74, 6) is -1.55. The van der Waals surface area contributed by atoms with Crippen molar-refractivity contribution in [3.8, 4) is 6.07 Å². The Bertz CT molecular complexity index is 674. The van der Waals surface area contributed by atoms with Gasteiger partial charge in [0.05, 0.1) is 17.4 Å². The van der Waals surface area contributed by atoms with Gasteiger partial charge in [0.25, 0.3) is 0 Å². The zero-order chi connectivity index (χ0) is 16.3. The third-order valence-electron chi connectivity index (χ3n) is 3.18. The molecular weight excluding hydrogens is 292 g/mol. The number of carboxylic acid groups (broad SMARTS) is 1. The predicted molar refractivity (Wildman–Crippen MR) is 77.9 cm³/mol. The number of nitriles is 1. The van der Waals surface area contributed by atoms with Crippen LogP contribution in [0, 0.1) is 11.3 Å². The van der Waals surface area contributed by atoms with Gasteiger partial charge in [-0.1, -0.05) is 19.1 Å². The van der Waals surface area contributed by atoms with Crippen LogP contribution in [0.15, 0.2) is 24.3 Å². The number of carboxylic acids is 1. The maximum absolute atomic E-state index is 12.5. The third-order valence-corrected chi connectivity index (χ3v) is 5.26. The average molecular weight is 310 g/mol. The average Bonchev–Trinajstić information content (AvgIpc) is 2.38. The molecule has 21 heavy (non-hydrogen) atoms. The van der Waals surface area contributed by atoms with Gasteiger partial charge in [0.2, 0.25) is 10.0 Å². The second-order valence-corrected chi connectivity index (χ2v) is 6.99. The van der Waals surface area contributed by atoms with Crippen molar-refractivity contribution in [3.63, 3.8) is 0 Å². The summed E-state index contributed by atoms with van der Waals surface area (Å²) in [5, 5.41) is 18.0. The van der Waals surface area contributed by atoms with Gasteiger partial charge in [-0.2, -0.15) is 9.57 Å². The highest BCUT2D eigenvalue weighted by Crippen LogP contribution is 2.22. The van der Waals surface area contributed by atoms with E-state index in [1.165, 1.54) is 19.9 Å². The van der Waals surface area contributed by atoms with E-state index in [1.807, 2.05) is 6.07 Å². The first-order valence-electron chi connectivity index (χ1n) is 6.38. The number of benzene rings is 1. The summed E-state index contributed by atoms with van der Waals surface area (Å²) in [6.45, 7) is 4.34. The summed E-state index contributed by atoms with van der Waals surface area (Å²) < 4.78 is 25.9. The Kier molecular flexibility index (Phi) is 5.10. The maximum Gasteiger partial charge on any atom is 0.324 e. The van der Waals surface area contributed by atoms with Crippen LogP contribution in [0.5, 0.6) is 0 Å². The molecule has 0 unspecified atom stereocenters. The number of aliphatic carboxylic acids is 1. The monoisotopic (exact) mass is 310 g/mol. The first-order chi connectivity index (χ1) is 9.65. The van der Waals surface area contributed by atoms with Crippen LogP contribution in [-0.2, 0) is 20.6 Å². The van der Waals surface area contributed by atoms with E-state index in [9.17, 15) is 18.3 Å². The molecule has 0 atom stereocenters. The van der Waals surface area contributed by atoms with Crippen LogP contribution >= 0.6 is 0 Å². The lowest BCUT2D eigenvalue weighted by Crippen LogP contribution is -2.53. The van der Waals surface area contributed by atoms with Crippen molar-refractivity contribution in [1.29, 1.82) is 5.26 Å². The van der Waals surface area contributed by atoms with Crippen LogP contribution in [-0.4, -0.2) is 35.9 Å². The van der Waals surface area contributed by atoms with E-state index < -0.39 is 21.5 Å².